The molecule has 3 aromatic rings. The highest BCUT2D eigenvalue weighted by atomic mass is 35.5. The van der Waals surface area contributed by atoms with Gasteiger partial charge in [-0.15, -0.1) is 11.8 Å². The molecule has 3 atom stereocenters. The minimum Gasteiger partial charge on any atom is -0.323 e. The summed E-state index contributed by atoms with van der Waals surface area (Å²) < 4.78 is 27.5. The number of para-hydroxylation sites is 1. The number of benzene rings is 3. The number of carbonyl (C=O) groups is 3. The van der Waals surface area contributed by atoms with E-state index in [0.717, 1.165) is 21.9 Å². The zero-order chi connectivity index (χ0) is 26.0. The molecule has 6 nitrogen and oxygen atoms in total. The standard InChI is InChI=1S/C26H22ClF2N3O3S/c1-14(30)26(35)32(22(33)12-15-10-18(28)13-19(29)11-15)23-24(16-6-8-17(27)9-7-16)36-21-5-3-2-4-20(21)31-25(23)34/h2-11,13-14,23-24H,12,30H2,1H3,(H,31,34)/t14-,23-,24+/m0/s1. The summed E-state index contributed by atoms with van der Waals surface area (Å²) in [6.45, 7) is 1.40. The van der Waals surface area contributed by atoms with Crippen molar-refractivity contribution in [3.05, 3.63) is 94.5 Å². The van der Waals surface area contributed by atoms with Crippen molar-refractivity contribution in [1.82, 2.24) is 4.90 Å². The summed E-state index contributed by atoms with van der Waals surface area (Å²) in [5.74, 6) is -3.92. The Morgan fingerprint density at radius 1 is 1.08 bits per heavy atom. The number of nitrogens with zero attached hydrogens (tertiary/aromatic N) is 1. The van der Waals surface area contributed by atoms with Gasteiger partial charge in [0.05, 0.1) is 23.4 Å². The van der Waals surface area contributed by atoms with Crippen LogP contribution in [0.2, 0.25) is 5.02 Å². The Labute approximate surface area is 215 Å². The molecule has 186 valence electrons. The van der Waals surface area contributed by atoms with Gasteiger partial charge in [-0.2, -0.15) is 0 Å². The number of nitrogens with two attached hydrogens (primary N) is 1. The second kappa shape index (κ2) is 10.8. The number of carbonyl (C=O) groups excluding carboxylic acids is 3. The molecule has 1 aliphatic rings. The first-order chi connectivity index (χ1) is 17.1. The van der Waals surface area contributed by atoms with Gasteiger partial charge in [0.25, 0.3) is 0 Å². The molecule has 4 rings (SSSR count). The van der Waals surface area contributed by atoms with E-state index in [0.29, 0.717) is 22.3 Å². The summed E-state index contributed by atoms with van der Waals surface area (Å²) in [5.41, 5.74) is 7.07. The number of hydrogen-bond donors (Lipinski definition) is 2. The van der Waals surface area contributed by atoms with Crippen LogP contribution in [-0.4, -0.2) is 34.7 Å². The maximum absolute atomic E-state index is 13.8. The van der Waals surface area contributed by atoms with Crippen LogP contribution in [0.1, 0.15) is 23.3 Å². The Morgan fingerprint density at radius 3 is 2.36 bits per heavy atom. The van der Waals surface area contributed by atoms with Crippen LogP contribution < -0.4 is 11.1 Å². The first kappa shape index (κ1) is 25.8. The lowest BCUT2D eigenvalue weighted by atomic mass is 10.0. The van der Waals surface area contributed by atoms with Crippen molar-refractivity contribution in [2.45, 2.75) is 35.6 Å². The molecule has 36 heavy (non-hydrogen) atoms. The van der Waals surface area contributed by atoms with Gasteiger partial charge in [0.1, 0.15) is 17.7 Å². The van der Waals surface area contributed by atoms with E-state index in [1.165, 1.54) is 18.7 Å². The summed E-state index contributed by atoms with van der Waals surface area (Å²) in [4.78, 5) is 42.0. The van der Waals surface area contributed by atoms with Crippen LogP contribution in [0.5, 0.6) is 0 Å². The molecule has 0 saturated heterocycles. The summed E-state index contributed by atoms with van der Waals surface area (Å²) in [6, 6.07) is 14.1. The number of nitrogens with one attached hydrogen (secondary N) is 1. The van der Waals surface area contributed by atoms with Crippen molar-refractivity contribution >= 4 is 46.8 Å². The van der Waals surface area contributed by atoms with Gasteiger partial charge in [-0.05, 0) is 54.4 Å². The molecular weight excluding hydrogens is 508 g/mol. The number of amides is 3. The SMILES string of the molecule is C[C@H](N)C(=O)N(C(=O)Cc1cc(F)cc(F)c1)[C@@H]1C(=O)Nc2ccccc2S[C@@H]1c1ccc(Cl)cc1. The molecule has 0 radical (unpaired) electrons. The van der Waals surface area contributed by atoms with Gasteiger partial charge in [0.15, 0.2) is 0 Å². The summed E-state index contributed by atoms with van der Waals surface area (Å²) in [5, 5.41) is 2.56. The predicted molar refractivity (Wildman–Crippen MR) is 134 cm³/mol. The Kier molecular flexibility index (Phi) is 7.73. The van der Waals surface area contributed by atoms with E-state index in [9.17, 15) is 23.2 Å². The third kappa shape index (κ3) is 5.59. The number of thioether (sulfide) groups is 1. The number of imide groups is 1. The van der Waals surface area contributed by atoms with E-state index in [2.05, 4.69) is 5.32 Å². The van der Waals surface area contributed by atoms with Gasteiger partial charge < -0.3 is 11.1 Å². The largest absolute Gasteiger partial charge is 0.323 e. The van der Waals surface area contributed by atoms with E-state index >= 15 is 0 Å². The quantitative estimate of drug-likeness (QED) is 0.499. The van der Waals surface area contributed by atoms with Crippen molar-refractivity contribution in [1.29, 1.82) is 0 Å². The van der Waals surface area contributed by atoms with Gasteiger partial charge in [-0.1, -0.05) is 35.9 Å². The van der Waals surface area contributed by atoms with E-state index in [1.54, 1.807) is 36.4 Å². The van der Waals surface area contributed by atoms with Gasteiger partial charge in [0, 0.05) is 16.0 Å². The highest BCUT2D eigenvalue weighted by Gasteiger charge is 2.44. The van der Waals surface area contributed by atoms with E-state index in [4.69, 9.17) is 17.3 Å². The second-order valence-corrected chi connectivity index (χ2v) is 9.99. The van der Waals surface area contributed by atoms with E-state index < -0.39 is 53.1 Å². The van der Waals surface area contributed by atoms with Crippen molar-refractivity contribution in [2.75, 3.05) is 5.32 Å². The molecule has 0 saturated carbocycles. The zero-order valence-corrected chi connectivity index (χ0v) is 20.7. The Hall–Kier alpha value is -3.27. The normalized spacial score (nSPS) is 18.0. The smallest absolute Gasteiger partial charge is 0.249 e. The minimum absolute atomic E-state index is 0.0213. The molecule has 0 aliphatic carbocycles. The molecule has 0 bridgehead atoms. The maximum atomic E-state index is 13.8. The van der Waals surface area contributed by atoms with Crippen LogP contribution >= 0.6 is 23.4 Å². The Morgan fingerprint density at radius 2 is 1.72 bits per heavy atom. The van der Waals surface area contributed by atoms with E-state index in [-0.39, 0.29) is 5.56 Å². The highest BCUT2D eigenvalue weighted by Crippen LogP contribution is 2.45. The lowest BCUT2D eigenvalue weighted by molar-refractivity contribution is -0.151. The van der Waals surface area contributed by atoms with Gasteiger partial charge in [-0.3, -0.25) is 19.3 Å². The second-order valence-electron chi connectivity index (χ2n) is 8.37. The molecule has 3 N–H and O–H groups in total. The van der Waals surface area contributed by atoms with Gasteiger partial charge in [0.2, 0.25) is 17.7 Å². The average Bonchev–Trinajstić information content (AvgIpc) is 2.95. The predicted octanol–water partition coefficient (Wildman–Crippen LogP) is 4.72. The van der Waals surface area contributed by atoms with Crippen molar-refractivity contribution in [3.8, 4) is 0 Å². The fourth-order valence-electron chi connectivity index (χ4n) is 3.98. The molecule has 3 amide bonds. The Bertz CT molecular complexity index is 1300. The van der Waals surface area contributed by atoms with E-state index in [1.807, 2.05) is 12.1 Å². The van der Waals surface area contributed by atoms with Crippen LogP contribution in [0.4, 0.5) is 14.5 Å². The van der Waals surface area contributed by atoms with Crippen molar-refractivity contribution in [3.63, 3.8) is 0 Å². The molecular formula is C26H22ClF2N3O3S. The number of fused-ring (bicyclic) bond motifs is 1. The average molecular weight is 530 g/mol. The highest BCUT2D eigenvalue weighted by molar-refractivity contribution is 7.99. The van der Waals surface area contributed by atoms with Gasteiger partial charge in [-0.25, -0.2) is 8.78 Å². The molecule has 0 spiro atoms. The zero-order valence-electron chi connectivity index (χ0n) is 19.1. The summed E-state index contributed by atoms with van der Waals surface area (Å²) in [7, 11) is 0. The fourth-order valence-corrected chi connectivity index (χ4v) is 5.45. The maximum Gasteiger partial charge on any atom is 0.249 e. The molecule has 3 aromatic carbocycles. The van der Waals surface area contributed by atoms with Crippen LogP contribution in [0.3, 0.4) is 0 Å². The van der Waals surface area contributed by atoms with Gasteiger partial charge >= 0.3 is 0 Å². The monoisotopic (exact) mass is 529 g/mol. The minimum atomic E-state index is -1.31. The third-order valence-electron chi connectivity index (χ3n) is 5.60. The number of halogens is 3. The molecule has 1 aliphatic heterocycles. The van der Waals surface area contributed by atoms with Crippen LogP contribution in [-0.2, 0) is 20.8 Å². The van der Waals surface area contributed by atoms with Crippen molar-refractivity contribution in [2.24, 2.45) is 5.73 Å². The summed E-state index contributed by atoms with van der Waals surface area (Å²) >= 11 is 7.37. The lowest BCUT2D eigenvalue weighted by Crippen LogP contribution is -2.56. The summed E-state index contributed by atoms with van der Waals surface area (Å²) in [6.07, 6.45) is -0.512. The molecule has 0 unspecified atom stereocenters. The fraction of sp³-hybridized carbons (Fsp3) is 0.192. The van der Waals surface area contributed by atoms with Crippen LogP contribution in [0.25, 0.3) is 0 Å². The first-order valence-electron chi connectivity index (χ1n) is 11.0. The molecule has 10 heteroatoms. The number of rotatable bonds is 5. The van der Waals surface area contributed by atoms with Crippen molar-refractivity contribution < 1.29 is 23.2 Å². The van der Waals surface area contributed by atoms with Crippen LogP contribution in [0.15, 0.2) is 71.6 Å². The Balaban J connectivity index is 1.81. The molecule has 1 heterocycles. The van der Waals surface area contributed by atoms with Crippen LogP contribution in [0, 0.1) is 11.6 Å². The topological polar surface area (TPSA) is 92.5 Å². The molecule has 0 fully saturated rings. The lowest BCUT2D eigenvalue weighted by Gasteiger charge is -2.34. The first-order valence-corrected chi connectivity index (χ1v) is 12.3. The number of hydrogen-bond acceptors (Lipinski definition) is 5. The number of anilines is 1. The molecule has 0 aromatic heterocycles. The third-order valence-corrected chi connectivity index (χ3v) is 7.25.